The number of amides is 1. The van der Waals surface area contributed by atoms with Crippen LogP contribution in [0.4, 0.5) is 5.69 Å². The topological polar surface area (TPSA) is 219 Å². The van der Waals surface area contributed by atoms with Crippen molar-refractivity contribution in [2.45, 2.75) is 51.4 Å². The molecule has 12 nitrogen and oxygen atoms in total. The SMILES string of the molecule is CCC(c1ccc(O)cc1)C(CC)c1ccc(O)c(NC(=O)CCC(C(=O)P(=O)(O)O)C(=O)P(=O)(O)O)c1. The largest absolute Gasteiger partial charge is 0.508 e. The zero-order valence-electron chi connectivity index (χ0n) is 20.7. The third-order valence-corrected chi connectivity index (χ3v) is 8.01. The monoisotopic (exact) mass is 571 g/mol. The predicted molar refractivity (Wildman–Crippen MR) is 138 cm³/mol. The first-order chi connectivity index (χ1) is 17.6. The van der Waals surface area contributed by atoms with E-state index in [2.05, 4.69) is 5.32 Å². The van der Waals surface area contributed by atoms with Gasteiger partial charge in [-0.25, -0.2) is 0 Å². The van der Waals surface area contributed by atoms with Crippen molar-refractivity contribution in [1.82, 2.24) is 0 Å². The van der Waals surface area contributed by atoms with E-state index >= 15 is 0 Å². The fourth-order valence-corrected chi connectivity index (χ4v) is 5.76. The van der Waals surface area contributed by atoms with Crippen molar-refractivity contribution in [3.05, 3.63) is 53.6 Å². The normalized spacial score (nSPS) is 13.7. The molecule has 0 aliphatic heterocycles. The van der Waals surface area contributed by atoms with Gasteiger partial charge in [-0.3, -0.25) is 23.5 Å². The van der Waals surface area contributed by atoms with Crippen LogP contribution in [0.5, 0.6) is 11.5 Å². The van der Waals surface area contributed by atoms with Gasteiger partial charge in [0.15, 0.2) is 0 Å². The fraction of sp³-hybridized carbons (Fsp3) is 0.375. The van der Waals surface area contributed by atoms with Crippen molar-refractivity contribution in [2.75, 3.05) is 5.32 Å². The van der Waals surface area contributed by atoms with Gasteiger partial charge in [-0.05, 0) is 66.5 Å². The first-order valence-corrected chi connectivity index (χ1v) is 14.9. The second kappa shape index (κ2) is 12.8. The minimum Gasteiger partial charge on any atom is -0.508 e. The van der Waals surface area contributed by atoms with Gasteiger partial charge in [-0.1, -0.05) is 32.0 Å². The van der Waals surface area contributed by atoms with Crippen LogP contribution in [0.3, 0.4) is 0 Å². The highest BCUT2D eigenvalue weighted by atomic mass is 31.2. The van der Waals surface area contributed by atoms with E-state index < -0.39 is 50.9 Å². The molecule has 0 aliphatic carbocycles. The van der Waals surface area contributed by atoms with E-state index in [-0.39, 0.29) is 29.0 Å². The van der Waals surface area contributed by atoms with Gasteiger partial charge in [0.1, 0.15) is 17.4 Å². The molecule has 0 aliphatic rings. The van der Waals surface area contributed by atoms with Crippen LogP contribution < -0.4 is 5.32 Å². The first kappa shape index (κ1) is 31.4. The molecule has 0 fully saturated rings. The Morgan fingerprint density at radius 3 is 1.74 bits per heavy atom. The van der Waals surface area contributed by atoms with Gasteiger partial charge in [0.2, 0.25) is 5.91 Å². The molecule has 0 bridgehead atoms. The van der Waals surface area contributed by atoms with E-state index in [9.17, 15) is 33.7 Å². The lowest BCUT2D eigenvalue weighted by atomic mass is 9.78. The summed E-state index contributed by atoms with van der Waals surface area (Å²) in [6.07, 6.45) is -0.104. The predicted octanol–water partition coefficient (Wildman–Crippen LogP) is 3.53. The summed E-state index contributed by atoms with van der Waals surface area (Å²) in [6, 6.07) is 11.5. The smallest absolute Gasteiger partial charge is 0.392 e. The summed E-state index contributed by atoms with van der Waals surface area (Å²) >= 11 is 0. The van der Waals surface area contributed by atoms with Crippen LogP contribution in [0.25, 0.3) is 0 Å². The molecule has 0 radical (unpaired) electrons. The molecule has 2 aromatic rings. The number of aromatic hydroxyl groups is 2. The minimum absolute atomic E-state index is 0.00527. The van der Waals surface area contributed by atoms with Crippen LogP contribution in [0, 0.1) is 5.92 Å². The molecule has 2 aromatic carbocycles. The lowest BCUT2D eigenvalue weighted by Crippen LogP contribution is -2.26. The summed E-state index contributed by atoms with van der Waals surface area (Å²) in [5.41, 5.74) is -2.20. The Bertz CT molecular complexity index is 1230. The van der Waals surface area contributed by atoms with Crippen LogP contribution in [-0.2, 0) is 23.5 Å². The fourth-order valence-electron chi connectivity index (χ4n) is 4.36. The Kier molecular flexibility index (Phi) is 10.6. The molecule has 0 saturated heterocycles. The van der Waals surface area contributed by atoms with Gasteiger partial charge < -0.3 is 35.1 Å². The molecule has 2 rings (SSSR count). The van der Waals surface area contributed by atoms with Gasteiger partial charge >= 0.3 is 15.2 Å². The highest BCUT2D eigenvalue weighted by molar-refractivity contribution is 7.73. The Balaban J connectivity index is 2.25. The highest BCUT2D eigenvalue weighted by Gasteiger charge is 2.44. The number of anilines is 1. The quantitative estimate of drug-likeness (QED) is 0.105. The molecular weight excluding hydrogens is 540 g/mol. The van der Waals surface area contributed by atoms with E-state index in [0.29, 0.717) is 6.42 Å². The van der Waals surface area contributed by atoms with Crippen molar-refractivity contribution in [3.8, 4) is 11.5 Å². The van der Waals surface area contributed by atoms with Crippen molar-refractivity contribution < 1.29 is 53.3 Å². The Labute approximate surface area is 219 Å². The lowest BCUT2D eigenvalue weighted by Gasteiger charge is -2.27. The summed E-state index contributed by atoms with van der Waals surface area (Å²) in [5, 5.41) is 22.3. The molecule has 7 N–H and O–H groups in total. The Hall–Kier alpha value is -2.85. The summed E-state index contributed by atoms with van der Waals surface area (Å²) in [5.74, 6) is -3.39. The van der Waals surface area contributed by atoms with E-state index in [4.69, 9.17) is 19.6 Å². The first-order valence-electron chi connectivity index (χ1n) is 11.7. The third-order valence-electron chi connectivity index (χ3n) is 6.24. The summed E-state index contributed by atoms with van der Waals surface area (Å²) < 4.78 is 22.6. The minimum atomic E-state index is -5.52. The van der Waals surface area contributed by atoms with Crippen LogP contribution >= 0.6 is 15.2 Å². The number of carbonyl (C=O) groups excluding carboxylic acids is 3. The van der Waals surface area contributed by atoms with E-state index in [0.717, 1.165) is 17.5 Å². The summed E-state index contributed by atoms with van der Waals surface area (Å²) in [7, 11) is -11.0. The molecular formula is C24H31NO11P2. The maximum atomic E-state index is 12.6. The zero-order chi connectivity index (χ0) is 28.8. The Morgan fingerprint density at radius 1 is 0.789 bits per heavy atom. The molecule has 1 amide bonds. The second-order valence-electron chi connectivity index (χ2n) is 8.80. The molecule has 0 aromatic heterocycles. The van der Waals surface area contributed by atoms with Crippen LogP contribution in [-0.4, -0.2) is 46.7 Å². The number of nitrogens with one attached hydrogen (secondary N) is 1. The number of hydrogen-bond donors (Lipinski definition) is 7. The van der Waals surface area contributed by atoms with Gasteiger partial charge in [-0.2, -0.15) is 0 Å². The molecule has 38 heavy (non-hydrogen) atoms. The average molecular weight is 571 g/mol. The number of hydrogen-bond acceptors (Lipinski definition) is 7. The van der Waals surface area contributed by atoms with Crippen molar-refractivity contribution in [3.63, 3.8) is 0 Å². The zero-order valence-corrected chi connectivity index (χ0v) is 22.5. The highest BCUT2D eigenvalue weighted by Crippen LogP contribution is 2.47. The third kappa shape index (κ3) is 8.07. The number of carbonyl (C=O) groups is 3. The molecule has 2 atom stereocenters. The summed E-state index contributed by atoms with van der Waals surface area (Å²) in [4.78, 5) is 72.8. The number of phenols is 2. The molecule has 0 heterocycles. The Morgan fingerprint density at radius 2 is 1.26 bits per heavy atom. The number of phenolic OH excluding ortho intramolecular Hbond substituents is 2. The van der Waals surface area contributed by atoms with E-state index in [1.807, 2.05) is 26.0 Å². The molecule has 208 valence electrons. The van der Waals surface area contributed by atoms with Gasteiger partial charge in [-0.15, -0.1) is 0 Å². The van der Waals surface area contributed by atoms with Gasteiger partial charge in [0.05, 0.1) is 5.69 Å². The van der Waals surface area contributed by atoms with E-state index in [1.165, 1.54) is 6.07 Å². The summed E-state index contributed by atoms with van der Waals surface area (Å²) in [6.45, 7) is 3.99. The molecule has 0 spiro atoms. The van der Waals surface area contributed by atoms with Gasteiger partial charge in [0.25, 0.3) is 11.0 Å². The van der Waals surface area contributed by atoms with Crippen LogP contribution in [0.1, 0.15) is 62.5 Å². The second-order valence-corrected chi connectivity index (χ2v) is 11.9. The van der Waals surface area contributed by atoms with Crippen LogP contribution in [0.2, 0.25) is 0 Å². The lowest BCUT2D eigenvalue weighted by molar-refractivity contribution is -0.126. The maximum absolute atomic E-state index is 12.6. The van der Waals surface area contributed by atoms with Crippen molar-refractivity contribution in [2.24, 2.45) is 5.92 Å². The average Bonchev–Trinajstić information content (AvgIpc) is 2.83. The molecule has 2 unspecified atom stereocenters. The van der Waals surface area contributed by atoms with E-state index in [1.54, 1.807) is 24.3 Å². The van der Waals surface area contributed by atoms with Crippen LogP contribution in [0.15, 0.2) is 42.5 Å². The maximum Gasteiger partial charge on any atom is 0.392 e. The molecule has 0 saturated carbocycles. The number of benzene rings is 2. The number of rotatable bonds is 13. The molecule has 14 heteroatoms. The standard InChI is InChI=1S/C24H31NO11P2/c1-3-17(14-5-8-16(26)9-6-14)18(4-2)15-7-11-21(27)20(13-15)25-22(28)12-10-19(23(29)37(31,32)33)24(30)38(34,35)36/h5-9,11,13,17-19,26-27H,3-4,10,12H2,1-2H3,(H,25,28)(H2,31,32,33)(H2,34,35,36). The van der Waals surface area contributed by atoms with Crippen molar-refractivity contribution >= 4 is 37.8 Å². The van der Waals surface area contributed by atoms with Gasteiger partial charge in [0, 0.05) is 6.42 Å². The van der Waals surface area contributed by atoms with Crippen molar-refractivity contribution in [1.29, 1.82) is 0 Å².